The molecule has 5 nitrogen and oxygen atoms in total. The third-order valence-corrected chi connectivity index (χ3v) is 4.15. The highest BCUT2D eigenvalue weighted by molar-refractivity contribution is 5.79. The fraction of sp³-hybridized carbons (Fsp3) is 0.222. The van der Waals surface area contributed by atoms with Gasteiger partial charge in [0.2, 0.25) is 0 Å². The van der Waals surface area contributed by atoms with Gasteiger partial charge in [-0.2, -0.15) is 0 Å². The number of hydrogen-bond acceptors (Lipinski definition) is 3. The zero-order valence-electron chi connectivity index (χ0n) is 13.6. The van der Waals surface area contributed by atoms with Crippen LogP contribution in [0.4, 0.5) is 0 Å². The average Bonchev–Trinajstić information content (AvgIpc) is 2.84. The molecule has 0 bridgehead atoms. The van der Waals surface area contributed by atoms with Gasteiger partial charge in [0.1, 0.15) is 0 Å². The van der Waals surface area contributed by atoms with Crippen LogP contribution < -0.4 is 11.0 Å². The Morgan fingerprint density at radius 3 is 2.65 bits per heavy atom. The van der Waals surface area contributed by atoms with Gasteiger partial charge in [0.05, 0.1) is 34.3 Å². The van der Waals surface area contributed by atoms with Crippen molar-refractivity contribution in [2.24, 2.45) is 7.05 Å². The van der Waals surface area contributed by atoms with Crippen molar-refractivity contribution in [1.82, 2.24) is 19.4 Å². The molecule has 0 amide bonds. The van der Waals surface area contributed by atoms with Gasteiger partial charge in [0, 0.05) is 14.1 Å². The molecule has 5 heteroatoms. The Hall–Kier alpha value is -2.82. The molecule has 0 atom stereocenters. The Balaban J connectivity index is 2.21. The first kappa shape index (κ1) is 15.1. The quantitative estimate of drug-likeness (QED) is 0.805. The van der Waals surface area contributed by atoms with E-state index in [1.165, 1.54) is 5.56 Å². The summed E-state index contributed by atoms with van der Waals surface area (Å²) in [6, 6.07) is 9.88. The lowest BCUT2D eigenvalue weighted by atomic mass is 10.1. The van der Waals surface area contributed by atoms with Gasteiger partial charge in [-0.1, -0.05) is 19.6 Å². The van der Waals surface area contributed by atoms with Crippen LogP contribution in [0.15, 0.2) is 47.9 Å². The van der Waals surface area contributed by atoms with E-state index >= 15 is 0 Å². The Kier molecular flexibility index (Phi) is 3.78. The molecule has 3 aromatic rings. The zero-order valence-corrected chi connectivity index (χ0v) is 13.6. The normalized spacial score (nSPS) is 10.9. The predicted octanol–water partition coefficient (Wildman–Crippen LogP) is 2.48. The van der Waals surface area contributed by atoms with E-state index in [1.54, 1.807) is 29.4 Å². The minimum atomic E-state index is -0.0738. The summed E-state index contributed by atoms with van der Waals surface area (Å²) in [6.45, 7) is 6.00. The number of nitrogens with zero attached hydrogens (tertiary/aromatic N) is 3. The molecule has 0 unspecified atom stereocenters. The molecule has 0 aliphatic rings. The Labute approximate surface area is 134 Å². The SMILES string of the molecule is C=C(NC)c1ccc(-n2c(=O)n(C)c3ccc(CC)cc32)cn1. The molecule has 1 aromatic carbocycles. The number of pyridine rings is 1. The molecule has 0 aliphatic carbocycles. The maximum atomic E-state index is 12.6. The smallest absolute Gasteiger partial charge is 0.333 e. The van der Waals surface area contributed by atoms with Gasteiger partial charge in [-0.15, -0.1) is 0 Å². The summed E-state index contributed by atoms with van der Waals surface area (Å²) in [7, 11) is 3.59. The van der Waals surface area contributed by atoms with E-state index in [-0.39, 0.29) is 5.69 Å². The van der Waals surface area contributed by atoms with E-state index < -0.39 is 0 Å². The highest BCUT2D eigenvalue weighted by Gasteiger charge is 2.13. The van der Waals surface area contributed by atoms with E-state index in [0.29, 0.717) is 0 Å². The van der Waals surface area contributed by atoms with Crippen LogP contribution in [0.25, 0.3) is 22.4 Å². The fourth-order valence-electron chi connectivity index (χ4n) is 2.68. The van der Waals surface area contributed by atoms with Crippen molar-refractivity contribution in [1.29, 1.82) is 0 Å². The van der Waals surface area contributed by atoms with E-state index in [4.69, 9.17) is 0 Å². The van der Waals surface area contributed by atoms with E-state index in [2.05, 4.69) is 35.9 Å². The van der Waals surface area contributed by atoms with Gasteiger partial charge >= 0.3 is 5.69 Å². The van der Waals surface area contributed by atoms with Gasteiger partial charge in [0.25, 0.3) is 0 Å². The van der Waals surface area contributed by atoms with E-state index in [1.807, 2.05) is 18.2 Å². The fourth-order valence-corrected chi connectivity index (χ4v) is 2.68. The van der Waals surface area contributed by atoms with Crippen LogP contribution in [0.3, 0.4) is 0 Å². The number of aromatic nitrogens is 3. The Bertz CT molecular complexity index is 932. The highest BCUT2D eigenvalue weighted by atomic mass is 16.1. The first-order valence-electron chi connectivity index (χ1n) is 7.60. The molecule has 0 saturated heterocycles. The maximum absolute atomic E-state index is 12.6. The number of rotatable bonds is 4. The van der Waals surface area contributed by atoms with Crippen LogP contribution in [0.1, 0.15) is 18.2 Å². The minimum absolute atomic E-state index is 0.0738. The summed E-state index contributed by atoms with van der Waals surface area (Å²) in [4.78, 5) is 17.0. The van der Waals surface area contributed by atoms with Crippen molar-refractivity contribution < 1.29 is 0 Å². The monoisotopic (exact) mass is 308 g/mol. The van der Waals surface area contributed by atoms with E-state index in [9.17, 15) is 4.79 Å². The molecule has 3 rings (SSSR count). The van der Waals surface area contributed by atoms with Crippen molar-refractivity contribution in [3.05, 3.63) is 64.8 Å². The predicted molar refractivity (Wildman–Crippen MR) is 93.8 cm³/mol. The molecular weight excluding hydrogens is 288 g/mol. The third kappa shape index (κ3) is 2.44. The average molecular weight is 308 g/mol. The molecule has 0 radical (unpaired) electrons. The minimum Gasteiger partial charge on any atom is -0.387 e. The van der Waals surface area contributed by atoms with Crippen LogP contribution >= 0.6 is 0 Å². The van der Waals surface area contributed by atoms with Crippen LogP contribution in [0.5, 0.6) is 0 Å². The number of fused-ring (bicyclic) bond motifs is 1. The van der Waals surface area contributed by atoms with Crippen molar-refractivity contribution in [2.45, 2.75) is 13.3 Å². The number of hydrogen-bond donors (Lipinski definition) is 1. The topological polar surface area (TPSA) is 51.9 Å². The van der Waals surface area contributed by atoms with Gasteiger partial charge < -0.3 is 5.32 Å². The van der Waals surface area contributed by atoms with Gasteiger partial charge in [-0.05, 0) is 36.2 Å². The highest BCUT2D eigenvalue weighted by Crippen LogP contribution is 2.19. The summed E-state index contributed by atoms with van der Waals surface area (Å²) in [5.74, 6) is 0. The zero-order chi connectivity index (χ0) is 16.6. The summed E-state index contributed by atoms with van der Waals surface area (Å²) in [5.41, 5.74) is 5.20. The molecule has 0 fully saturated rings. The van der Waals surface area contributed by atoms with Gasteiger partial charge in [-0.3, -0.25) is 14.1 Å². The molecule has 2 aromatic heterocycles. The largest absolute Gasteiger partial charge is 0.387 e. The van der Waals surface area contributed by atoms with Crippen molar-refractivity contribution in [3.8, 4) is 5.69 Å². The maximum Gasteiger partial charge on any atom is 0.333 e. The molecule has 2 heterocycles. The molecule has 0 aliphatic heterocycles. The molecular formula is C18H20N4O. The summed E-state index contributed by atoms with van der Waals surface area (Å²) in [5, 5.41) is 2.97. The first-order valence-corrected chi connectivity index (χ1v) is 7.60. The molecule has 23 heavy (non-hydrogen) atoms. The summed E-state index contributed by atoms with van der Waals surface area (Å²) < 4.78 is 3.36. The van der Waals surface area contributed by atoms with Crippen molar-refractivity contribution in [3.63, 3.8) is 0 Å². The number of benzene rings is 1. The third-order valence-electron chi connectivity index (χ3n) is 4.15. The molecule has 0 saturated carbocycles. The van der Waals surface area contributed by atoms with Gasteiger partial charge in [0.15, 0.2) is 0 Å². The lowest BCUT2D eigenvalue weighted by molar-refractivity contribution is 0.844. The van der Waals surface area contributed by atoms with Crippen molar-refractivity contribution in [2.75, 3.05) is 7.05 Å². The molecule has 1 N–H and O–H groups in total. The van der Waals surface area contributed by atoms with Crippen LogP contribution in [0, 0.1) is 0 Å². The van der Waals surface area contributed by atoms with Gasteiger partial charge in [-0.25, -0.2) is 4.79 Å². The summed E-state index contributed by atoms with van der Waals surface area (Å²) in [6.07, 6.45) is 2.63. The number of nitrogens with one attached hydrogen (secondary N) is 1. The second-order valence-corrected chi connectivity index (χ2v) is 5.48. The molecule has 118 valence electrons. The van der Waals surface area contributed by atoms with Crippen LogP contribution in [0.2, 0.25) is 0 Å². The van der Waals surface area contributed by atoms with Crippen molar-refractivity contribution >= 4 is 16.7 Å². The summed E-state index contributed by atoms with van der Waals surface area (Å²) >= 11 is 0. The standard InChI is InChI=1S/C18H20N4O/c1-5-13-6-9-16-17(10-13)22(18(23)21(16)4)14-7-8-15(20-11-14)12(2)19-3/h6-11,19H,2,5H2,1,3-4H3. The number of imidazole rings is 1. The lowest BCUT2D eigenvalue weighted by Gasteiger charge is -2.07. The van der Waals surface area contributed by atoms with Crippen LogP contribution in [-0.2, 0) is 13.5 Å². The molecule has 0 spiro atoms. The lowest BCUT2D eigenvalue weighted by Crippen LogP contribution is -2.21. The Morgan fingerprint density at radius 1 is 1.26 bits per heavy atom. The second-order valence-electron chi connectivity index (χ2n) is 5.48. The Morgan fingerprint density at radius 2 is 2.04 bits per heavy atom. The second kappa shape index (κ2) is 5.76. The number of aryl methyl sites for hydroxylation is 2. The van der Waals surface area contributed by atoms with E-state index in [0.717, 1.165) is 34.5 Å². The first-order chi connectivity index (χ1) is 11.1. The van der Waals surface area contributed by atoms with Crippen LogP contribution in [-0.4, -0.2) is 21.2 Å².